The summed E-state index contributed by atoms with van der Waals surface area (Å²) in [5, 5.41) is 17.9. The summed E-state index contributed by atoms with van der Waals surface area (Å²) >= 11 is 4.13. The van der Waals surface area contributed by atoms with Crippen molar-refractivity contribution in [1.29, 1.82) is 0 Å². The SMILES string of the molecule is CC(=O)Nc1cccc(Nc2nnc(SC(C)C(=O)Nc3nc4ccccc4s3)s2)c1. The Bertz CT molecular complexity index is 1210. The van der Waals surface area contributed by atoms with Crippen LogP contribution in [0.15, 0.2) is 52.9 Å². The van der Waals surface area contributed by atoms with E-state index in [1.54, 1.807) is 6.07 Å². The molecule has 0 saturated heterocycles. The second kappa shape index (κ2) is 9.41. The van der Waals surface area contributed by atoms with Crippen molar-refractivity contribution in [2.45, 2.75) is 23.4 Å². The normalized spacial score (nSPS) is 11.8. The van der Waals surface area contributed by atoms with E-state index in [1.807, 2.05) is 49.4 Å². The van der Waals surface area contributed by atoms with Gasteiger partial charge in [-0.1, -0.05) is 52.6 Å². The lowest BCUT2D eigenvalue weighted by Gasteiger charge is -2.07. The molecule has 2 aromatic carbocycles. The van der Waals surface area contributed by atoms with Crippen molar-refractivity contribution < 1.29 is 9.59 Å². The van der Waals surface area contributed by atoms with Crippen LogP contribution in [0.4, 0.5) is 21.6 Å². The first-order chi connectivity index (χ1) is 15.0. The van der Waals surface area contributed by atoms with Gasteiger partial charge in [0.05, 0.1) is 15.5 Å². The number of anilines is 4. The molecule has 0 saturated carbocycles. The third kappa shape index (κ3) is 5.57. The van der Waals surface area contributed by atoms with E-state index in [2.05, 4.69) is 31.1 Å². The number of amides is 2. The van der Waals surface area contributed by atoms with Crippen LogP contribution in [0.1, 0.15) is 13.8 Å². The highest BCUT2D eigenvalue weighted by Gasteiger charge is 2.19. The molecule has 4 aromatic rings. The monoisotopic (exact) mass is 470 g/mol. The van der Waals surface area contributed by atoms with E-state index in [9.17, 15) is 9.59 Å². The maximum Gasteiger partial charge on any atom is 0.239 e. The van der Waals surface area contributed by atoms with Crippen LogP contribution in [0, 0.1) is 0 Å². The summed E-state index contributed by atoms with van der Waals surface area (Å²) < 4.78 is 1.70. The van der Waals surface area contributed by atoms with Crippen molar-refractivity contribution in [3.8, 4) is 0 Å². The molecule has 0 spiro atoms. The van der Waals surface area contributed by atoms with Gasteiger partial charge in [0.1, 0.15) is 0 Å². The lowest BCUT2D eigenvalue weighted by atomic mass is 10.3. The molecule has 2 aromatic heterocycles. The number of fused-ring (bicyclic) bond motifs is 1. The number of hydrogen-bond acceptors (Lipinski definition) is 9. The molecule has 1 unspecified atom stereocenters. The van der Waals surface area contributed by atoms with E-state index >= 15 is 0 Å². The molecule has 0 aliphatic heterocycles. The number of benzene rings is 2. The minimum absolute atomic E-state index is 0.134. The summed E-state index contributed by atoms with van der Waals surface area (Å²) in [5.41, 5.74) is 2.34. The third-order valence-corrected chi connectivity index (χ3v) is 6.99. The highest BCUT2D eigenvalue weighted by atomic mass is 32.2. The van der Waals surface area contributed by atoms with Crippen LogP contribution in [0.2, 0.25) is 0 Å². The predicted molar refractivity (Wildman–Crippen MR) is 128 cm³/mol. The second-order valence-electron chi connectivity index (χ2n) is 6.50. The zero-order valence-electron chi connectivity index (χ0n) is 16.6. The number of rotatable bonds is 7. The van der Waals surface area contributed by atoms with Crippen LogP contribution in [0.3, 0.4) is 0 Å². The molecule has 2 heterocycles. The Morgan fingerprint density at radius 2 is 1.77 bits per heavy atom. The van der Waals surface area contributed by atoms with E-state index < -0.39 is 0 Å². The van der Waals surface area contributed by atoms with Crippen molar-refractivity contribution in [3.63, 3.8) is 0 Å². The van der Waals surface area contributed by atoms with Crippen molar-refractivity contribution in [1.82, 2.24) is 15.2 Å². The highest BCUT2D eigenvalue weighted by molar-refractivity contribution is 8.02. The van der Waals surface area contributed by atoms with Crippen molar-refractivity contribution in [3.05, 3.63) is 48.5 Å². The molecule has 0 radical (unpaired) electrons. The average molecular weight is 471 g/mol. The van der Waals surface area contributed by atoms with E-state index in [1.165, 1.54) is 41.4 Å². The summed E-state index contributed by atoms with van der Waals surface area (Å²) in [6, 6.07) is 15.1. The standard InChI is InChI=1S/C20H18N6O2S3/c1-11(17(28)24-18-23-15-8-3-4-9-16(15)30-18)29-20-26-25-19(31-20)22-14-7-5-6-13(10-14)21-12(2)27/h3-11H,1-2H3,(H,21,27)(H,22,25)(H,23,24,28). The molecular weight excluding hydrogens is 452 g/mol. The number of thiazole rings is 1. The number of aromatic nitrogens is 3. The molecule has 158 valence electrons. The van der Waals surface area contributed by atoms with Crippen LogP contribution >= 0.6 is 34.4 Å². The number of hydrogen-bond donors (Lipinski definition) is 3. The van der Waals surface area contributed by atoms with Crippen LogP contribution < -0.4 is 16.0 Å². The molecule has 2 amide bonds. The van der Waals surface area contributed by atoms with Crippen molar-refractivity contribution >= 4 is 78.1 Å². The molecule has 0 aliphatic rings. The highest BCUT2D eigenvalue weighted by Crippen LogP contribution is 2.32. The Labute approximate surface area is 190 Å². The zero-order chi connectivity index (χ0) is 21.8. The summed E-state index contributed by atoms with van der Waals surface area (Å²) in [5.74, 6) is -0.276. The number of para-hydroxylation sites is 1. The van der Waals surface area contributed by atoms with Gasteiger partial charge in [-0.2, -0.15) is 0 Å². The van der Waals surface area contributed by atoms with Crippen molar-refractivity contribution in [2.24, 2.45) is 0 Å². The van der Waals surface area contributed by atoms with E-state index in [0.717, 1.165) is 15.9 Å². The van der Waals surface area contributed by atoms with Crippen LogP contribution in [-0.2, 0) is 9.59 Å². The molecule has 31 heavy (non-hydrogen) atoms. The maximum absolute atomic E-state index is 12.6. The lowest BCUT2D eigenvalue weighted by molar-refractivity contribution is -0.115. The summed E-state index contributed by atoms with van der Waals surface area (Å²) in [7, 11) is 0. The first-order valence-electron chi connectivity index (χ1n) is 9.27. The number of nitrogens with zero attached hydrogens (tertiary/aromatic N) is 3. The van der Waals surface area contributed by atoms with Gasteiger partial charge in [-0.3, -0.25) is 9.59 Å². The maximum atomic E-state index is 12.6. The fourth-order valence-electron chi connectivity index (χ4n) is 2.65. The van der Waals surface area contributed by atoms with Gasteiger partial charge in [0.15, 0.2) is 9.47 Å². The number of carbonyl (C=O) groups is 2. The average Bonchev–Trinajstić information content (AvgIpc) is 3.33. The molecule has 3 N–H and O–H groups in total. The van der Waals surface area contributed by atoms with Crippen LogP contribution in [0.5, 0.6) is 0 Å². The molecule has 4 rings (SSSR count). The zero-order valence-corrected chi connectivity index (χ0v) is 19.0. The Morgan fingerprint density at radius 1 is 0.968 bits per heavy atom. The van der Waals surface area contributed by atoms with Gasteiger partial charge in [-0.15, -0.1) is 10.2 Å². The van der Waals surface area contributed by atoms with Gasteiger partial charge in [0.2, 0.25) is 16.9 Å². The summed E-state index contributed by atoms with van der Waals surface area (Å²) in [4.78, 5) is 28.2. The fraction of sp³-hybridized carbons (Fsp3) is 0.150. The molecule has 0 fully saturated rings. The minimum Gasteiger partial charge on any atom is -0.330 e. The first-order valence-corrected chi connectivity index (χ1v) is 11.8. The molecule has 11 heteroatoms. The van der Waals surface area contributed by atoms with Gasteiger partial charge in [0, 0.05) is 18.3 Å². The first kappa shape index (κ1) is 21.2. The molecular formula is C20H18N6O2S3. The van der Waals surface area contributed by atoms with Crippen LogP contribution in [0.25, 0.3) is 10.2 Å². The Morgan fingerprint density at radius 3 is 2.58 bits per heavy atom. The van der Waals surface area contributed by atoms with Gasteiger partial charge < -0.3 is 16.0 Å². The van der Waals surface area contributed by atoms with Gasteiger partial charge in [0.25, 0.3) is 0 Å². The summed E-state index contributed by atoms with van der Waals surface area (Å²) in [6.45, 7) is 3.28. The third-order valence-electron chi connectivity index (χ3n) is 4.01. The Balaban J connectivity index is 1.35. The van der Waals surface area contributed by atoms with Gasteiger partial charge in [-0.05, 0) is 37.3 Å². The van der Waals surface area contributed by atoms with Crippen molar-refractivity contribution in [2.75, 3.05) is 16.0 Å². The van der Waals surface area contributed by atoms with Crippen LogP contribution in [-0.4, -0.2) is 32.2 Å². The lowest BCUT2D eigenvalue weighted by Crippen LogP contribution is -2.22. The second-order valence-corrected chi connectivity index (χ2v) is 10.1. The topological polar surface area (TPSA) is 109 Å². The predicted octanol–water partition coefficient (Wildman–Crippen LogP) is 4.97. The van der Waals surface area contributed by atoms with E-state index in [-0.39, 0.29) is 17.1 Å². The number of thioether (sulfide) groups is 1. The molecule has 0 bridgehead atoms. The molecule has 8 nitrogen and oxygen atoms in total. The Kier molecular flexibility index (Phi) is 6.44. The quantitative estimate of drug-likeness (QED) is 0.327. The number of nitrogens with one attached hydrogen (secondary N) is 3. The van der Waals surface area contributed by atoms with E-state index in [4.69, 9.17) is 0 Å². The smallest absolute Gasteiger partial charge is 0.239 e. The molecule has 0 aliphatic carbocycles. The largest absolute Gasteiger partial charge is 0.330 e. The number of carbonyl (C=O) groups excluding carboxylic acids is 2. The Hall–Kier alpha value is -3.02. The molecule has 1 atom stereocenters. The minimum atomic E-state index is -0.365. The summed E-state index contributed by atoms with van der Waals surface area (Å²) in [6.07, 6.45) is 0. The van der Waals surface area contributed by atoms with E-state index in [0.29, 0.717) is 20.3 Å². The van der Waals surface area contributed by atoms with Gasteiger partial charge >= 0.3 is 0 Å². The fourth-order valence-corrected chi connectivity index (χ4v) is 5.43. The van der Waals surface area contributed by atoms with Gasteiger partial charge in [-0.25, -0.2) is 4.98 Å².